The van der Waals surface area contributed by atoms with Crippen molar-refractivity contribution in [1.29, 1.82) is 0 Å². The van der Waals surface area contributed by atoms with Crippen molar-refractivity contribution in [3.8, 4) is 5.75 Å². The van der Waals surface area contributed by atoms with Crippen molar-refractivity contribution >= 4 is 12.6 Å². The van der Waals surface area contributed by atoms with Crippen LogP contribution >= 0.6 is 0 Å². The number of ether oxygens (including phenoxy) is 1. The Kier molecular flexibility index (Phi) is 6.09. The SMILES string of the molecule is CCCCCc1cc(OCC)ccc1B(O)O. The smallest absolute Gasteiger partial charge is 0.488 e. The first kappa shape index (κ1) is 14.1. The summed E-state index contributed by atoms with van der Waals surface area (Å²) in [6.07, 6.45) is 4.23. The van der Waals surface area contributed by atoms with Gasteiger partial charge in [0.2, 0.25) is 0 Å². The first-order valence-corrected chi connectivity index (χ1v) is 6.30. The molecular formula is C13H21BO3. The molecule has 1 aromatic carbocycles. The minimum atomic E-state index is -1.40. The van der Waals surface area contributed by atoms with Gasteiger partial charge in [0.25, 0.3) is 0 Å². The Hall–Kier alpha value is -0.995. The molecule has 0 aliphatic rings. The first-order valence-electron chi connectivity index (χ1n) is 6.30. The van der Waals surface area contributed by atoms with Gasteiger partial charge in [-0.3, -0.25) is 0 Å². The predicted octanol–water partition coefficient (Wildman–Crippen LogP) is 1.50. The molecule has 0 radical (unpaired) electrons. The van der Waals surface area contributed by atoms with Crippen molar-refractivity contribution in [2.24, 2.45) is 0 Å². The third-order valence-corrected chi connectivity index (χ3v) is 2.75. The van der Waals surface area contributed by atoms with Gasteiger partial charge in [-0.1, -0.05) is 25.8 Å². The second-order valence-corrected chi connectivity index (χ2v) is 4.12. The second-order valence-electron chi connectivity index (χ2n) is 4.12. The lowest BCUT2D eigenvalue weighted by atomic mass is 9.76. The highest BCUT2D eigenvalue weighted by atomic mass is 16.5. The highest BCUT2D eigenvalue weighted by molar-refractivity contribution is 6.59. The van der Waals surface area contributed by atoms with E-state index in [9.17, 15) is 10.0 Å². The zero-order valence-electron chi connectivity index (χ0n) is 10.6. The molecule has 4 heteroatoms. The van der Waals surface area contributed by atoms with Crippen LogP contribution in [0, 0.1) is 0 Å². The number of benzene rings is 1. The number of unbranched alkanes of at least 4 members (excludes halogenated alkanes) is 2. The van der Waals surface area contributed by atoms with Gasteiger partial charge >= 0.3 is 7.12 Å². The Morgan fingerprint density at radius 3 is 2.53 bits per heavy atom. The molecular weight excluding hydrogens is 215 g/mol. The van der Waals surface area contributed by atoms with Gasteiger partial charge < -0.3 is 14.8 Å². The minimum absolute atomic E-state index is 0.588. The van der Waals surface area contributed by atoms with Crippen molar-refractivity contribution in [1.82, 2.24) is 0 Å². The zero-order valence-corrected chi connectivity index (χ0v) is 10.6. The van der Waals surface area contributed by atoms with E-state index in [0.29, 0.717) is 12.1 Å². The number of hydrogen-bond acceptors (Lipinski definition) is 3. The molecule has 1 aromatic rings. The lowest BCUT2D eigenvalue weighted by Gasteiger charge is -2.11. The molecule has 0 unspecified atom stereocenters. The van der Waals surface area contributed by atoms with Gasteiger partial charge in [-0.2, -0.15) is 0 Å². The topological polar surface area (TPSA) is 49.7 Å². The van der Waals surface area contributed by atoms with Crippen LogP contribution in [0.15, 0.2) is 18.2 Å². The van der Waals surface area contributed by atoms with Crippen LogP contribution in [0.3, 0.4) is 0 Å². The van der Waals surface area contributed by atoms with Crippen LogP contribution < -0.4 is 10.2 Å². The fourth-order valence-corrected chi connectivity index (χ4v) is 1.87. The van der Waals surface area contributed by atoms with Crippen LogP contribution in [0.2, 0.25) is 0 Å². The standard InChI is InChI=1S/C13H21BO3/c1-3-5-6-7-11-10-12(17-4-2)8-9-13(11)14(15)16/h8-10,15-16H,3-7H2,1-2H3. The molecule has 1 rings (SSSR count). The third-order valence-electron chi connectivity index (χ3n) is 2.75. The highest BCUT2D eigenvalue weighted by Crippen LogP contribution is 2.14. The molecule has 0 amide bonds. The molecule has 0 bridgehead atoms. The van der Waals surface area contributed by atoms with E-state index in [-0.39, 0.29) is 0 Å². The molecule has 0 aromatic heterocycles. The Morgan fingerprint density at radius 2 is 1.94 bits per heavy atom. The maximum atomic E-state index is 9.30. The summed E-state index contributed by atoms with van der Waals surface area (Å²) in [5.41, 5.74) is 1.56. The molecule has 0 saturated heterocycles. The summed E-state index contributed by atoms with van der Waals surface area (Å²) in [5.74, 6) is 0.795. The van der Waals surface area contributed by atoms with E-state index in [1.165, 1.54) is 0 Å². The van der Waals surface area contributed by atoms with Crippen molar-refractivity contribution in [2.45, 2.75) is 39.5 Å². The van der Waals surface area contributed by atoms with E-state index in [1.807, 2.05) is 13.0 Å². The average molecular weight is 236 g/mol. The molecule has 0 spiro atoms. The van der Waals surface area contributed by atoms with Gasteiger partial charge in [-0.25, -0.2) is 0 Å². The third kappa shape index (κ3) is 4.40. The van der Waals surface area contributed by atoms with Gasteiger partial charge in [-0.15, -0.1) is 0 Å². The maximum Gasteiger partial charge on any atom is 0.488 e. The Labute approximate surface area is 104 Å². The number of hydrogen-bond donors (Lipinski definition) is 2. The Bertz CT molecular complexity index is 339. The van der Waals surface area contributed by atoms with Crippen molar-refractivity contribution in [3.63, 3.8) is 0 Å². The van der Waals surface area contributed by atoms with E-state index in [1.54, 1.807) is 12.1 Å². The zero-order chi connectivity index (χ0) is 12.7. The highest BCUT2D eigenvalue weighted by Gasteiger charge is 2.16. The number of aryl methyl sites for hydroxylation is 1. The summed E-state index contributed by atoms with van der Waals surface area (Å²) in [5, 5.41) is 18.6. The van der Waals surface area contributed by atoms with Crippen molar-refractivity contribution in [2.75, 3.05) is 6.61 Å². The Balaban J connectivity index is 2.82. The predicted molar refractivity (Wildman–Crippen MR) is 70.7 cm³/mol. The lowest BCUT2D eigenvalue weighted by molar-refractivity contribution is 0.340. The van der Waals surface area contributed by atoms with E-state index in [0.717, 1.165) is 37.0 Å². The van der Waals surface area contributed by atoms with E-state index >= 15 is 0 Å². The average Bonchev–Trinajstić information content (AvgIpc) is 2.30. The summed E-state index contributed by atoms with van der Waals surface area (Å²) in [6.45, 7) is 4.71. The fraction of sp³-hybridized carbons (Fsp3) is 0.538. The summed E-state index contributed by atoms with van der Waals surface area (Å²) < 4.78 is 5.42. The molecule has 94 valence electrons. The van der Waals surface area contributed by atoms with Gasteiger partial charge in [0.05, 0.1) is 6.61 Å². The van der Waals surface area contributed by atoms with Crippen molar-refractivity contribution < 1.29 is 14.8 Å². The molecule has 17 heavy (non-hydrogen) atoms. The van der Waals surface area contributed by atoms with Gasteiger partial charge in [-0.05, 0) is 42.9 Å². The summed E-state index contributed by atoms with van der Waals surface area (Å²) in [6, 6.07) is 5.42. The second kappa shape index (κ2) is 7.35. The van der Waals surface area contributed by atoms with Crippen LogP contribution in [-0.2, 0) is 6.42 Å². The molecule has 0 atom stereocenters. The quantitative estimate of drug-likeness (QED) is 0.557. The number of rotatable bonds is 7. The summed E-state index contributed by atoms with van der Waals surface area (Å²) in [4.78, 5) is 0. The van der Waals surface area contributed by atoms with Crippen LogP contribution in [0.4, 0.5) is 0 Å². The van der Waals surface area contributed by atoms with Gasteiger partial charge in [0.1, 0.15) is 5.75 Å². The Morgan fingerprint density at radius 1 is 1.18 bits per heavy atom. The maximum absolute atomic E-state index is 9.30. The van der Waals surface area contributed by atoms with Crippen LogP contribution in [-0.4, -0.2) is 23.8 Å². The largest absolute Gasteiger partial charge is 0.494 e. The van der Waals surface area contributed by atoms with Gasteiger partial charge in [0.15, 0.2) is 0 Å². The molecule has 0 aliphatic heterocycles. The summed E-state index contributed by atoms with van der Waals surface area (Å²) >= 11 is 0. The molecule has 0 saturated carbocycles. The summed E-state index contributed by atoms with van der Waals surface area (Å²) in [7, 11) is -1.40. The van der Waals surface area contributed by atoms with E-state index in [4.69, 9.17) is 4.74 Å². The molecule has 0 aliphatic carbocycles. The van der Waals surface area contributed by atoms with Crippen molar-refractivity contribution in [3.05, 3.63) is 23.8 Å². The van der Waals surface area contributed by atoms with Crippen LogP contribution in [0.25, 0.3) is 0 Å². The fourth-order valence-electron chi connectivity index (χ4n) is 1.87. The first-order chi connectivity index (χ1) is 8.19. The molecule has 3 nitrogen and oxygen atoms in total. The molecule has 0 heterocycles. The lowest BCUT2D eigenvalue weighted by Crippen LogP contribution is -2.33. The monoisotopic (exact) mass is 236 g/mol. The van der Waals surface area contributed by atoms with Crippen LogP contribution in [0.1, 0.15) is 38.7 Å². The molecule has 0 fully saturated rings. The van der Waals surface area contributed by atoms with Crippen LogP contribution in [0.5, 0.6) is 5.75 Å². The van der Waals surface area contributed by atoms with E-state index < -0.39 is 7.12 Å². The normalized spacial score (nSPS) is 10.4. The molecule has 2 N–H and O–H groups in total. The minimum Gasteiger partial charge on any atom is -0.494 e. The van der Waals surface area contributed by atoms with Gasteiger partial charge in [0, 0.05) is 0 Å². The van der Waals surface area contributed by atoms with E-state index in [2.05, 4.69) is 6.92 Å².